The van der Waals surface area contributed by atoms with Gasteiger partial charge in [-0.25, -0.2) is 8.42 Å². The van der Waals surface area contributed by atoms with Crippen LogP contribution in [0.4, 0.5) is 0 Å². The highest BCUT2D eigenvalue weighted by Crippen LogP contribution is 2.28. The Morgan fingerprint density at radius 1 is 1.36 bits per heavy atom. The maximum absolute atomic E-state index is 11.6. The van der Waals surface area contributed by atoms with Gasteiger partial charge in [0.2, 0.25) is 0 Å². The molecule has 4 unspecified atom stereocenters. The van der Waals surface area contributed by atoms with Gasteiger partial charge in [0.25, 0.3) is 0 Å². The molecule has 0 bridgehead atoms. The van der Waals surface area contributed by atoms with Crippen molar-refractivity contribution < 1.29 is 13.5 Å². The fourth-order valence-electron chi connectivity index (χ4n) is 3.51. The van der Waals surface area contributed by atoms with Crippen molar-refractivity contribution in [3.8, 4) is 0 Å². The summed E-state index contributed by atoms with van der Waals surface area (Å²) in [5, 5.41) is 17.6. The molecule has 2 aliphatic heterocycles. The van der Waals surface area contributed by atoms with Crippen LogP contribution in [0, 0.1) is 0 Å². The van der Waals surface area contributed by atoms with Crippen molar-refractivity contribution in [2.45, 2.75) is 41.4 Å². The zero-order valence-corrected chi connectivity index (χ0v) is 16.3. The zero-order valence-electron chi connectivity index (χ0n) is 14.7. The summed E-state index contributed by atoms with van der Waals surface area (Å²) in [6.45, 7) is 1.50. The molecule has 2 aliphatic rings. The highest BCUT2D eigenvalue weighted by molar-refractivity contribution is 8.00. The molecular weight excluding hydrogens is 358 g/mol. The molecule has 3 rings (SSSR count). The highest BCUT2D eigenvalue weighted by atomic mass is 32.2. The van der Waals surface area contributed by atoms with Crippen LogP contribution in [0.25, 0.3) is 0 Å². The molecule has 0 aliphatic carbocycles. The van der Waals surface area contributed by atoms with Crippen LogP contribution < -0.4 is 10.6 Å². The lowest BCUT2D eigenvalue weighted by Gasteiger charge is -2.43. The molecule has 0 radical (unpaired) electrons. The van der Waals surface area contributed by atoms with Gasteiger partial charge in [0.1, 0.15) is 12.4 Å². The van der Waals surface area contributed by atoms with E-state index in [4.69, 9.17) is 0 Å². The Bertz CT molecular complexity index is 675. The van der Waals surface area contributed by atoms with Crippen molar-refractivity contribution >= 4 is 21.6 Å². The van der Waals surface area contributed by atoms with Gasteiger partial charge in [-0.05, 0) is 43.3 Å². The monoisotopic (exact) mass is 385 g/mol. The van der Waals surface area contributed by atoms with Crippen LogP contribution in [0.5, 0.6) is 0 Å². The topological polar surface area (TPSA) is 81.7 Å². The Balaban J connectivity index is 1.69. The van der Waals surface area contributed by atoms with Crippen molar-refractivity contribution in [2.24, 2.45) is 0 Å². The number of piperazine rings is 1. The number of hydrogen-bond acceptors (Lipinski definition) is 7. The van der Waals surface area contributed by atoms with Crippen LogP contribution in [-0.2, 0) is 9.84 Å². The van der Waals surface area contributed by atoms with Crippen LogP contribution in [0.2, 0.25) is 0 Å². The van der Waals surface area contributed by atoms with E-state index in [0.29, 0.717) is 16.7 Å². The van der Waals surface area contributed by atoms with Crippen LogP contribution >= 0.6 is 11.8 Å². The highest BCUT2D eigenvalue weighted by Gasteiger charge is 2.34. The molecule has 4 atom stereocenters. The summed E-state index contributed by atoms with van der Waals surface area (Å²) in [5.74, 6) is 1.23. The number of rotatable bonds is 5. The predicted octanol–water partition coefficient (Wildman–Crippen LogP) is 0.796. The van der Waals surface area contributed by atoms with E-state index in [1.165, 1.54) is 24.9 Å². The summed E-state index contributed by atoms with van der Waals surface area (Å²) in [6, 6.07) is 7.11. The van der Waals surface area contributed by atoms with Gasteiger partial charge in [0.05, 0.1) is 4.90 Å². The van der Waals surface area contributed by atoms with E-state index in [1.54, 1.807) is 12.1 Å². The lowest BCUT2D eigenvalue weighted by Crippen LogP contribution is -2.63. The summed E-state index contributed by atoms with van der Waals surface area (Å²) in [6.07, 6.45) is 2.92. The number of nitrogens with one attached hydrogen (secondary N) is 2. The summed E-state index contributed by atoms with van der Waals surface area (Å²) in [5.41, 5.74) is 1.04. The van der Waals surface area contributed by atoms with Gasteiger partial charge in [-0.1, -0.05) is 12.1 Å². The van der Waals surface area contributed by atoms with E-state index in [2.05, 4.69) is 15.5 Å². The van der Waals surface area contributed by atoms with E-state index in [-0.39, 0.29) is 12.2 Å². The molecular formula is C17H27N3O3S2. The van der Waals surface area contributed by atoms with Gasteiger partial charge >= 0.3 is 0 Å². The lowest BCUT2D eigenvalue weighted by atomic mass is 10.0. The molecule has 1 aromatic carbocycles. The molecule has 3 N–H and O–H groups in total. The first-order valence-electron chi connectivity index (χ1n) is 8.64. The largest absolute Gasteiger partial charge is 0.376 e. The third kappa shape index (κ3) is 4.56. The van der Waals surface area contributed by atoms with Crippen molar-refractivity contribution in [3.63, 3.8) is 0 Å². The fourth-order valence-corrected chi connectivity index (χ4v) is 5.35. The van der Waals surface area contributed by atoms with E-state index in [0.717, 1.165) is 12.1 Å². The smallest absolute Gasteiger partial charge is 0.175 e. The van der Waals surface area contributed by atoms with E-state index in [1.807, 2.05) is 30.9 Å². The lowest BCUT2D eigenvalue weighted by molar-refractivity contribution is -0.0344. The fraction of sp³-hybridized carbons (Fsp3) is 0.647. The molecule has 6 nitrogen and oxygen atoms in total. The van der Waals surface area contributed by atoms with E-state index >= 15 is 0 Å². The molecule has 0 amide bonds. The second-order valence-corrected chi connectivity index (χ2v) is 10.3. The van der Waals surface area contributed by atoms with E-state index in [9.17, 15) is 13.5 Å². The average molecular weight is 386 g/mol. The minimum absolute atomic E-state index is 0.0748. The number of likely N-dealkylation sites (N-methyl/N-ethyl adjacent to an activating group) is 1. The Morgan fingerprint density at radius 2 is 2.08 bits per heavy atom. The number of thioether (sulfide) groups is 1. The maximum atomic E-state index is 11.6. The first kappa shape index (κ1) is 19.1. The minimum Gasteiger partial charge on any atom is -0.376 e. The summed E-state index contributed by atoms with van der Waals surface area (Å²) in [7, 11) is -1.19. The molecule has 140 valence electrons. The van der Waals surface area contributed by atoms with Gasteiger partial charge in [-0.15, -0.1) is 0 Å². The third-order valence-corrected chi connectivity index (χ3v) is 7.55. The minimum atomic E-state index is -3.19. The quantitative estimate of drug-likeness (QED) is 0.691. The Labute approximate surface area is 154 Å². The van der Waals surface area contributed by atoms with Gasteiger partial charge in [-0.3, -0.25) is 15.5 Å². The van der Waals surface area contributed by atoms with Crippen LogP contribution in [-0.4, -0.2) is 68.2 Å². The molecule has 8 heteroatoms. The number of aliphatic hydroxyl groups excluding tert-OH is 1. The summed E-state index contributed by atoms with van der Waals surface area (Å²) in [4.78, 5) is 2.46. The SMILES string of the molecule is CN1C(c2ccc(S(C)(=O)=O)cc2)CNC(O)C1NCC1CCCS1. The number of nitrogens with zero attached hydrogens (tertiary/aromatic N) is 1. The Morgan fingerprint density at radius 3 is 2.68 bits per heavy atom. The molecule has 2 fully saturated rings. The molecule has 1 aromatic rings. The van der Waals surface area contributed by atoms with Crippen LogP contribution in [0.1, 0.15) is 24.4 Å². The zero-order chi connectivity index (χ0) is 18.0. The molecule has 0 aromatic heterocycles. The number of hydrogen-bond donors (Lipinski definition) is 3. The van der Waals surface area contributed by atoms with Crippen molar-refractivity contribution in [1.29, 1.82) is 0 Å². The van der Waals surface area contributed by atoms with Crippen molar-refractivity contribution in [1.82, 2.24) is 15.5 Å². The van der Waals surface area contributed by atoms with E-state index < -0.39 is 16.1 Å². The third-order valence-electron chi connectivity index (χ3n) is 5.02. The van der Waals surface area contributed by atoms with Gasteiger partial charge in [-0.2, -0.15) is 11.8 Å². The summed E-state index contributed by atoms with van der Waals surface area (Å²) >= 11 is 1.99. The van der Waals surface area contributed by atoms with Gasteiger partial charge in [0, 0.05) is 30.6 Å². The molecule has 0 saturated carbocycles. The standard InChI is InChI=1S/C17H27N3O3S2/c1-20-15(12-5-7-14(8-6-12)25(2,22)23)11-19-17(21)16(20)18-10-13-4-3-9-24-13/h5-8,13,15-19,21H,3-4,9-11H2,1-2H3. The average Bonchev–Trinajstić information content (AvgIpc) is 3.07. The Kier molecular flexibility index (Phi) is 6.07. The molecule has 25 heavy (non-hydrogen) atoms. The van der Waals surface area contributed by atoms with Crippen molar-refractivity contribution in [2.75, 3.05) is 32.1 Å². The number of sulfone groups is 1. The normalized spacial score (nSPS) is 31.3. The maximum Gasteiger partial charge on any atom is 0.175 e. The van der Waals surface area contributed by atoms with Crippen molar-refractivity contribution in [3.05, 3.63) is 29.8 Å². The van der Waals surface area contributed by atoms with Crippen LogP contribution in [0.15, 0.2) is 29.2 Å². The van der Waals surface area contributed by atoms with Gasteiger partial charge < -0.3 is 5.11 Å². The van der Waals surface area contributed by atoms with Crippen LogP contribution in [0.3, 0.4) is 0 Å². The predicted molar refractivity (Wildman–Crippen MR) is 101 cm³/mol. The Hall–Kier alpha value is -0.640. The number of benzene rings is 1. The second-order valence-electron chi connectivity index (χ2n) is 6.86. The first-order chi connectivity index (χ1) is 11.9. The molecule has 2 saturated heterocycles. The molecule has 2 heterocycles. The number of aliphatic hydroxyl groups is 1. The summed E-state index contributed by atoms with van der Waals surface area (Å²) < 4.78 is 23.2. The van der Waals surface area contributed by atoms with Gasteiger partial charge in [0.15, 0.2) is 9.84 Å². The first-order valence-corrected chi connectivity index (χ1v) is 11.6. The molecule has 0 spiro atoms. The second kappa shape index (κ2) is 7.94.